The first-order valence-corrected chi connectivity index (χ1v) is 8.53. The third-order valence-corrected chi connectivity index (χ3v) is 5.91. The molecule has 6 unspecified atom stereocenters. The molecular weight excluding hydrogens is 252 g/mol. The molecule has 116 valence electrons. The van der Waals surface area contributed by atoms with Crippen molar-refractivity contribution in [2.24, 2.45) is 11.8 Å². The van der Waals surface area contributed by atoms with E-state index in [2.05, 4.69) is 0 Å². The minimum atomic E-state index is 0.256. The van der Waals surface area contributed by atoms with Crippen LogP contribution in [0.4, 0.5) is 0 Å². The Labute approximate surface area is 123 Å². The molecule has 0 radical (unpaired) electrons. The van der Waals surface area contributed by atoms with E-state index in [4.69, 9.17) is 14.2 Å². The molecule has 1 saturated heterocycles. The Hall–Kier alpha value is -0.120. The van der Waals surface area contributed by atoms with Crippen molar-refractivity contribution in [2.75, 3.05) is 14.2 Å². The summed E-state index contributed by atoms with van der Waals surface area (Å²) in [5, 5.41) is 0. The molecule has 0 aromatic heterocycles. The van der Waals surface area contributed by atoms with Crippen LogP contribution in [0.25, 0.3) is 0 Å². The largest absolute Gasteiger partial charge is 0.379 e. The van der Waals surface area contributed by atoms with Crippen LogP contribution in [-0.2, 0) is 14.2 Å². The van der Waals surface area contributed by atoms with E-state index < -0.39 is 0 Å². The molecule has 2 saturated carbocycles. The monoisotopic (exact) mass is 282 g/mol. The van der Waals surface area contributed by atoms with Crippen LogP contribution in [0.15, 0.2) is 0 Å². The SMILES string of the molecule is COC1CCC(C2CCC3CCCCC3O2)CC1OC. The van der Waals surface area contributed by atoms with Crippen molar-refractivity contribution < 1.29 is 14.2 Å². The zero-order chi connectivity index (χ0) is 13.9. The lowest BCUT2D eigenvalue weighted by atomic mass is 9.75. The summed E-state index contributed by atoms with van der Waals surface area (Å²) in [4.78, 5) is 0. The van der Waals surface area contributed by atoms with Gasteiger partial charge in [0, 0.05) is 14.2 Å². The minimum absolute atomic E-state index is 0.256. The molecule has 0 aromatic rings. The Morgan fingerprint density at radius 2 is 1.40 bits per heavy atom. The van der Waals surface area contributed by atoms with Crippen LogP contribution in [0.1, 0.15) is 57.8 Å². The van der Waals surface area contributed by atoms with Crippen molar-refractivity contribution in [3.8, 4) is 0 Å². The Balaban J connectivity index is 1.57. The van der Waals surface area contributed by atoms with E-state index in [0.717, 1.165) is 18.8 Å². The zero-order valence-corrected chi connectivity index (χ0v) is 13.1. The highest BCUT2D eigenvalue weighted by Crippen LogP contribution is 2.41. The molecule has 3 fully saturated rings. The minimum Gasteiger partial charge on any atom is -0.379 e. The summed E-state index contributed by atoms with van der Waals surface area (Å²) in [6, 6.07) is 0. The molecule has 3 aliphatic rings. The van der Waals surface area contributed by atoms with Crippen LogP contribution < -0.4 is 0 Å². The highest BCUT2D eigenvalue weighted by molar-refractivity contribution is 4.90. The van der Waals surface area contributed by atoms with Gasteiger partial charge in [0.15, 0.2) is 0 Å². The van der Waals surface area contributed by atoms with Crippen LogP contribution in [0.2, 0.25) is 0 Å². The van der Waals surface area contributed by atoms with Gasteiger partial charge in [-0.2, -0.15) is 0 Å². The van der Waals surface area contributed by atoms with Gasteiger partial charge in [-0.3, -0.25) is 0 Å². The fourth-order valence-electron chi connectivity index (χ4n) is 4.69. The van der Waals surface area contributed by atoms with Gasteiger partial charge in [0.25, 0.3) is 0 Å². The van der Waals surface area contributed by atoms with E-state index in [1.165, 1.54) is 44.9 Å². The van der Waals surface area contributed by atoms with Gasteiger partial charge in [0.2, 0.25) is 0 Å². The lowest BCUT2D eigenvalue weighted by Gasteiger charge is -2.45. The first-order chi connectivity index (χ1) is 9.81. The van der Waals surface area contributed by atoms with Gasteiger partial charge in [-0.25, -0.2) is 0 Å². The number of ether oxygens (including phenoxy) is 3. The van der Waals surface area contributed by atoms with E-state index in [0.29, 0.717) is 18.1 Å². The highest BCUT2D eigenvalue weighted by atomic mass is 16.5. The molecule has 6 atom stereocenters. The highest BCUT2D eigenvalue weighted by Gasteiger charge is 2.40. The molecule has 1 heterocycles. The van der Waals surface area contributed by atoms with Crippen molar-refractivity contribution in [1.82, 2.24) is 0 Å². The average molecular weight is 282 g/mol. The van der Waals surface area contributed by atoms with Crippen LogP contribution in [0.5, 0.6) is 0 Å². The number of hydrogen-bond donors (Lipinski definition) is 0. The maximum Gasteiger partial charge on any atom is 0.0836 e. The Bertz CT molecular complexity index is 291. The number of methoxy groups -OCH3 is 2. The number of fused-ring (bicyclic) bond motifs is 1. The molecule has 0 aromatic carbocycles. The van der Waals surface area contributed by atoms with Gasteiger partial charge >= 0.3 is 0 Å². The van der Waals surface area contributed by atoms with E-state index in [1.54, 1.807) is 7.11 Å². The Morgan fingerprint density at radius 3 is 2.20 bits per heavy atom. The van der Waals surface area contributed by atoms with Gasteiger partial charge in [0.05, 0.1) is 24.4 Å². The fourth-order valence-corrected chi connectivity index (χ4v) is 4.69. The summed E-state index contributed by atoms with van der Waals surface area (Å²) in [6.45, 7) is 0. The molecule has 20 heavy (non-hydrogen) atoms. The molecule has 1 aliphatic heterocycles. The number of hydrogen-bond acceptors (Lipinski definition) is 3. The predicted molar refractivity (Wildman–Crippen MR) is 78.8 cm³/mol. The lowest BCUT2D eigenvalue weighted by molar-refractivity contribution is -0.146. The van der Waals surface area contributed by atoms with Gasteiger partial charge in [-0.05, 0) is 56.8 Å². The molecular formula is C17H30O3. The van der Waals surface area contributed by atoms with Gasteiger partial charge in [-0.15, -0.1) is 0 Å². The normalized spacial score (nSPS) is 45.9. The molecule has 3 heteroatoms. The van der Waals surface area contributed by atoms with Crippen molar-refractivity contribution in [3.63, 3.8) is 0 Å². The maximum atomic E-state index is 6.50. The average Bonchev–Trinajstić information content (AvgIpc) is 2.53. The van der Waals surface area contributed by atoms with Gasteiger partial charge in [-0.1, -0.05) is 12.8 Å². The molecule has 0 spiro atoms. The fraction of sp³-hybridized carbons (Fsp3) is 1.00. The van der Waals surface area contributed by atoms with Crippen LogP contribution >= 0.6 is 0 Å². The number of rotatable bonds is 3. The van der Waals surface area contributed by atoms with E-state index in [-0.39, 0.29) is 12.2 Å². The molecule has 3 rings (SSSR count). The molecule has 2 aliphatic carbocycles. The summed E-state index contributed by atoms with van der Waals surface area (Å²) in [6.07, 6.45) is 13.2. The van der Waals surface area contributed by atoms with Crippen molar-refractivity contribution >= 4 is 0 Å². The second-order valence-corrected chi connectivity index (χ2v) is 6.96. The third kappa shape index (κ3) is 3.05. The Kier molecular flexibility index (Phi) is 5.00. The Morgan fingerprint density at radius 1 is 0.700 bits per heavy atom. The summed E-state index contributed by atoms with van der Waals surface area (Å²) in [5.41, 5.74) is 0. The zero-order valence-electron chi connectivity index (χ0n) is 13.1. The lowest BCUT2D eigenvalue weighted by Crippen LogP contribution is -2.45. The molecule has 3 nitrogen and oxygen atoms in total. The van der Waals surface area contributed by atoms with Crippen molar-refractivity contribution in [2.45, 2.75) is 82.2 Å². The van der Waals surface area contributed by atoms with Crippen LogP contribution in [0.3, 0.4) is 0 Å². The molecule has 0 amide bonds. The molecule has 0 bridgehead atoms. The standard InChI is InChI=1S/C17H30O3/c1-18-16-10-8-13(11-17(16)19-2)15-9-7-12-5-3-4-6-14(12)20-15/h12-17H,3-11H2,1-2H3. The van der Waals surface area contributed by atoms with Crippen molar-refractivity contribution in [3.05, 3.63) is 0 Å². The summed E-state index contributed by atoms with van der Waals surface area (Å²) >= 11 is 0. The smallest absolute Gasteiger partial charge is 0.0836 e. The van der Waals surface area contributed by atoms with E-state index in [9.17, 15) is 0 Å². The van der Waals surface area contributed by atoms with Gasteiger partial charge in [0.1, 0.15) is 0 Å². The summed E-state index contributed by atoms with van der Waals surface area (Å²) in [5.74, 6) is 1.53. The van der Waals surface area contributed by atoms with Crippen LogP contribution in [-0.4, -0.2) is 38.6 Å². The maximum absolute atomic E-state index is 6.50. The second-order valence-electron chi connectivity index (χ2n) is 6.96. The first kappa shape index (κ1) is 14.8. The quantitative estimate of drug-likeness (QED) is 0.792. The first-order valence-electron chi connectivity index (χ1n) is 8.53. The summed E-state index contributed by atoms with van der Waals surface area (Å²) in [7, 11) is 3.62. The van der Waals surface area contributed by atoms with E-state index in [1.807, 2.05) is 7.11 Å². The summed E-state index contributed by atoms with van der Waals surface area (Å²) < 4.78 is 17.7. The van der Waals surface area contributed by atoms with Crippen LogP contribution in [0, 0.1) is 11.8 Å². The molecule has 0 N–H and O–H groups in total. The third-order valence-electron chi connectivity index (χ3n) is 5.91. The van der Waals surface area contributed by atoms with E-state index >= 15 is 0 Å². The second kappa shape index (κ2) is 6.76. The predicted octanol–water partition coefficient (Wildman–Crippen LogP) is 3.55. The topological polar surface area (TPSA) is 27.7 Å². The van der Waals surface area contributed by atoms with Gasteiger partial charge < -0.3 is 14.2 Å². The van der Waals surface area contributed by atoms with Crippen molar-refractivity contribution in [1.29, 1.82) is 0 Å².